The summed E-state index contributed by atoms with van der Waals surface area (Å²) in [5.74, 6) is 0.350. The van der Waals surface area contributed by atoms with E-state index in [-0.39, 0.29) is 18.0 Å². The van der Waals surface area contributed by atoms with E-state index in [0.717, 1.165) is 10.2 Å². The molecule has 0 aliphatic heterocycles. The van der Waals surface area contributed by atoms with Crippen LogP contribution in [0.3, 0.4) is 0 Å². The van der Waals surface area contributed by atoms with Gasteiger partial charge in [-0.05, 0) is 42.5 Å². The molecule has 1 N–H and O–H groups in total. The first-order valence-corrected chi connectivity index (χ1v) is 7.58. The van der Waals surface area contributed by atoms with Crippen molar-refractivity contribution in [2.45, 2.75) is 6.54 Å². The lowest BCUT2D eigenvalue weighted by Gasteiger charge is -2.08. The molecule has 0 atom stereocenters. The van der Waals surface area contributed by atoms with Gasteiger partial charge in [0.05, 0.1) is 12.8 Å². The highest BCUT2D eigenvalue weighted by Crippen LogP contribution is 2.15. The van der Waals surface area contributed by atoms with Gasteiger partial charge in [0.1, 0.15) is 12.3 Å². The normalized spacial score (nSPS) is 10.3. The molecule has 7 nitrogen and oxygen atoms in total. The Bertz CT molecular complexity index is 921. The van der Waals surface area contributed by atoms with E-state index in [0.29, 0.717) is 17.1 Å². The van der Waals surface area contributed by atoms with Gasteiger partial charge in [-0.25, -0.2) is 4.68 Å². The summed E-state index contributed by atoms with van der Waals surface area (Å²) < 4.78 is 6.19. The van der Waals surface area contributed by atoms with Gasteiger partial charge in [0.2, 0.25) is 5.91 Å². The topological polar surface area (TPSA) is 86.1 Å². The lowest BCUT2D eigenvalue weighted by Crippen LogP contribution is -2.29. The third kappa shape index (κ3) is 4.08. The Balaban J connectivity index is 1.75. The summed E-state index contributed by atoms with van der Waals surface area (Å²) in [6.07, 6.45) is 3.30. The van der Waals surface area contributed by atoms with Crippen LogP contribution in [0.15, 0.2) is 65.7 Å². The molecule has 126 valence electrons. The van der Waals surface area contributed by atoms with E-state index in [1.165, 1.54) is 6.07 Å². The van der Waals surface area contributed by atoms with Crippen molar-refractivity contribution in [1.29, 1.82) is 0 Å². The smallest absolute Gasteiger partial charge is 0.267 e. The Morgan fingerprint density at radius 2 is 1.96 bits per heavy atom. The zero-order chi connectivity index (χ0) is 17.6. The molecule has 3 rings (SSSR count). The second-order valence-electron chi connectivity index (χ2n) is 5.23. The van der Waals surface area contributed by atoms with Gasteiger partial charge >= 0.3 is 0 Å². The van der Waals surface area contributed by atoms with E-state index in [2.05, 4.69) is 15.4 Å². The number of hydrogen-bond acceptors (Lipinski definition) is 5. The van der Waals surface area contributed by atoms with Crippen molar-refractivity contribution in [3.05, 3.63) is 71.3 Å². The van der Waals surface area contributed by atoms with E-state index in [9.17, 15) is 9.59 Å². The van der Waals surface area contributed by atoms with Crippen LogP contribution in [0, 0.1) is 0 Å². The highest BCUT2D eigenvalue weighted by Gasteiger charge is 2.08. The number of ether oxygens (including phenoxy) is 1. The number of aromatic nitrogens is 3. The number of pyridine rings is 1. The molecule has 7 heteroatoms. The number of hydrogen-bond donors (Lipinski definition) is 1. The molecule has 0 saturated carbocycles. The summed E-state index contributed by atoms with van der Waals surface area (Å²) in [5, 5.41) is 6.96. The minimum absolute atomic E-state index is 0.182. The Labute approximate surface area is 143 Å². The third-order valence-corrected chi connectivity index (χ3v) is 3.49. The first-order valence-electron chi connectivity index (χ1n) is 7.58. The molecule has 3 aromatic rings. The molecule has 25 heavy (non-hydrogen) atoms. The van der Waals surface area contributed by atoms with Gasteiger partial charge < -0.3 is 10.1 Å². The summed E-state index contributed by atoms with van der Waals surface area (Å²) in [5.41, 5.74) is 1.61. The predicted molar refractivity (Wildman–Crippen MR) is 93.4 cm³/mol. The largest absolute Gasteiger partial charge is 0.497 e. The number of benzene rings is 1. The van der Waals surface area contributed by atoms with Crippen LogP contribution in [-0.2, 0) is 11.3 Å². The minimum atomic E-state index is -0.350. The molecule has 0 radical (unpaired) electrons. The number of carbonyl (C=O) groups excluding carboxylic acids is 1. The predicted octanol–water partition coefficient (Wildman–Crippen LogP) is 1.95. The molecule has 1 aromatic carbocycles. The summed E-state index contributed by atoms with van der Waals surface area (Å²) in [4.78, 5) is 28.2. The van der Waals surface area contributed by atoms with Gasteiger partial charge in [-0.2, -0.15) is 5.10 Å². The number of anilines is 1. The maximum absolute atomic E-state index is 12.2. The van der Waals surface area contributed by atoms with Gasteiger partial charge in [-0.1, -0.05) is 0 Å². The van der Waals surface area contributed by atoms with Crippen LogP contribution in [-0.4, -0.2) is 27.8 Å². The zero-order valence-corrected chi connectivity index (χ0v) is 13.5. The van der Waals surface area contributed by atoms with Gasteiger partial charge in [-0.3, -0.25) is 14.6 Å². The Morgan fingerprint density at radius 3 is 2.64 bits per heavy atom. The Hall–Kier alpha value is -3.48. The molecule has 0 bridgehead atoms. The molecule has 0 unspecified atom stereocenters. The van der Waals surface area contributed by atoms with Crippen molar-refractivity contribution < 1.29 is 9.53 Å². The van der Waals surface area contributed by atoms with Crippen LogP contribution in [0.1, 0.15) is 0 Å². The number of carbonyl (C=O) groups is 1. The van der Waals surface area contributed by atoms with Crippen LogP contribution in [0.25, 0.3) is 11.3 Å². The summed E-state index contributed by atoms with van der Waals surface area (Å²) in [6.45, 7) is -0.182. The highest BCUT2D eigenvalue weighted by atomic mass is 16.5. The Kier molecular flexibility index (Phi) is 4.84. The number of rotatable bonds is 5. The van der Waals surface area contributed by atoms with Crippen molar-refractivity contribution in [2.24, 2.45) is 0 Å². The standard InChI is InChI=1S/C18H16N4O3/c1-25-15-6-4-14(5-7-15)20-17(23)12-22-18(24)9-8-16(21-22)13-3-2-10-19-11-13/h2-11H,12H2,1H3,(H,20,23). The fourth-order valence-electron chi connectivity index (χ4n) is 2.24. The van der Waals surface area contributed by atoms with Gasteiger partial charge in [0.15, 0.2) is 0 Å². The van der Waals surface area contributed by atoms with Crippen molar-refractivity contribution in [3.8, 4) is 17.0 Å². The van der Waals surface area contributed by atoms with Crippen LogP contribution in [0.2, 0.25) is 0 Å². The summed E-state index contributed by atoms with van der Waals surface area (Å²) in [7, 11) is 1.57. The minimum Gasteiger partial charge on any atom is -0.497 e. The average molecular weight is 336 g/mol. The van der Waals surface area contributed by atoms with Gasteiger partial charge in [0, 0.05) is 29.7 Å². The Morgan fingerprint density at radius 1 is 1.16 bits per heavy atom. The SMILES string of the molecule is COc1ccc(NC(=O)Cn2nc(-c3cccnc3)ccc2=O)cc1. The lowest BCUT2D eigenvalue weighted by molar-refractivity contribution is -0.117. The van der Waals surface area contributed by atoms with Crippen LogP contribution in [0.5, 0.6) is 5.75 Å². The number of amides is 1. The highest BCUT2D eigenvalue weighted by molar-refractivity contribution is 5.90. The quantitative estimate of drug-likeness (QED) is 0.770. The number of nitrogens with one attached hydrogen (secondary N) is 1. The molecular formula is C18H16N4O3. The van der Waals surface area contributed by atoms with Crippen LogP contribution >= 0.6 is 0 Å². The molecule has 1 amide bonds. The van der Waals surface area contributed by atoms with Crippen molar-refractivity contribution in [3.63, 3.8) is 0 Å². The van der Waals surface area contributed by atoms with E-state index >= 15 is 0 Å². The first kappa shape index (κ1) is 16.4. The molecule has 0 aliphatic rings. The van der Waals surface area contributed by atoms with Gasteiger partial charge in [0.25, 0.3) is 5.56 Å². The monoisotopic (exact) mass is 336 g/mol. The molecule has 2 aromatic heterocycles. The molecule has 2 heterocycles. The molecule has 0 saturated heterocycles. The van der Waals surface area contributed by atoms with E-state index in [1.807, 2.05) is 6.07 Å². The van der Waals surface area contributed by atoms with Crippen LogP contribution in [0.4, 0.5) is 5.69 Å². The van der Waals surface area contributed by atoms with E-state index in [1.54, 1.807) is 55.9 Å². The van der Waals surface area contributed by atoms with Crippen molar-refractivity contribution >= 4 is 11.6 Å². The molecule has 0 spiro atoms. The first-order chi connectivity index (χ1) is 12.2. The zero-order valence-electron chi connectivity index (χ0n) is 13.5. The fraction of sp³-hybridized carbons (Fsp3) is 0.111. The van der Waals surface area contributed by atoms with Crippen molar-refractivity contribution in [1.82, 2.24) is 14.8 Å². The number of methoxy groups -OCH3 is 1. The second-order valence-corrected chi connectivity index (χ2v) is 5.23. The molecular weight excluding hydrogens is 320 g/mol. The molecule has 0 fully saturated rings. The fourth-order valence-corrected chi connectivity index (χ4v) is 2.24. The average Bonchev–Trinajstić information content (AvgIpc) is 2.65. The summed E-state index contributed by atoms with van der Waals surface area (Å²) in [6, 6.07) is 13.5. The van der Waals surface area contributed by atoms with E-state index in [4.69, 9.17) is 4.74 Å². The van der Waals surface area contributed by atoms with E-state index < -0.39 is 0 Å². The van der Waals surface area contributed by atoms with Gasteiger partial charge in [-0.15, -0.1) is 0 Å². The van der Waals surface area contributed by atoms with Crippen LogP contribution < -0.4 is 15.6 Å². The maximum Gasteiger partial charge on any atom is 0.267 e. The third-order valence-electron chi connectivity index (χ3n) is 3.49. The molecule has 0 aliphatic carbocycles. The second kappa shape index (κ2) is 7.39. The summed E-state index contributed by atoms with van der Waals surface area (Å²) >= 11 is 0. The maximum atomic E-state index is 12.2. The van der Waals surface area contributed by atoms with Crippen molar-refractivity contribution in [2.75, 3.05) is 12.4 Å². The number of nitrogens with zero attached hydrogens (tertiary/aromatic N) is 3. The lowest BCUT2D eigenvalue weighted by atomic mass is 10.2.